The molecule has 0 unspecified atom stereocenters. The summed E-state index contributed by atoms with van der Waals surface area (Å²) in [5.41, 5.74) is 8.76. The number of aryl methyl sites for hydroxylation is 1. The van der Waals surface area contributed by atoms with Crippen molar-refractivity contribution in [3.63, 3.8) is 0 Å². The Kier molecular flexibility index (Phi) is 2.67. The summed E-state index contributed by atoms with van der Waals surface area (Å²) >= 11 is 0. The average molecular weight is 255 g/mol. The van der Waals surface area contributed by atoms with Crippen molar-refractivity contribution in [1.82, 2.24) is 9.97 Å². The first-order chi connectivity index (χ1) is 9.13. The Balaban J connectivity index is 2.09. The molecule has 0 atom stereocenters. The van der Waals surface area contributed by atoms with Crippen LogP contribution in [0.15, 0.2) is 24.3 Å². The van der Waals surface area contributed by atoms with Crippen LogP contribution in [0.4, 0.5) is 0 Å². The summed E-state index contributed by atoms with van der Waals surface area (Å²) < 4.78 is 5.47. The third kappa shape index (κ3) is 2.14. The minimum atomic E-state index is -0.616. The number of hydrogen-bond acceptors (Lipinski definition) is 4. The van der Waals surface area contributed by atoms with Crippen LogP contribution >= 0.6 is 0 Å². The quantitative estimate of drug-likeness (QED) is 0.881. The smallest absolute Gasteiger partial charge is 0.286 e. The predicted molar refractivity (Wildman–Crippen MR) is 69.9 cm³/mol. The number of carbonyl (C=O) groups excluding carboxylic acids is 1. The van der Waals surface area contributed by atoms with Crippen LogP contribution in [0.5, 0.6) is 5.75 Å². The van der Waals surface area contributed by atoms with E-state index in [0.29, 0.717) is 12.3 Å². The van der Waals surface area contributed by atoms with Gasteiger partial charge in [0.2, 0.25) is 5.82 Å². The van der Waals surface area contributed by atoms with Crippen molar-refractivity contribution in [3.8, 4) is 17.0 Å². The van der Waals surface area contributed by atoms with E-state index in [4.69, 9.17) is 10.5 Å². The molecule has 5 heteroatoms. The number of benzene rings is 1. The van der Waals surface area contributed by atoms with Crippen molar-refractivity contribution in [2.75, 3.05) is 6.61 Å². The van der Waals surface area contributed by atoms with Crippen molar-refractivity contribution in [2.45, 2.75) is 13.3 Å². The number of aromatic nitrogens is 2. The molecule has 1 aromatic heterocycles. The van der Waals surface area contributed by atoms with Gasteiger partial charge in [0, 0.05) is 17.7 Å². The maximum absolute atomic E-state index is 11.2. The molecule has 3 rings (SSSR count). The highest BCUT2D eigenvalue weighted by Crippen LogP contribution is 2.29. The Morgan fingerprint density at radius 1 is 1.32 bits per heavy atom. The molecule has 0 spiro atoms. The molecule has 1 aromatic carbocycles. The lowest BCUT2D eigenvalue weighted by Gasteiger charge is -2.06. The van der Waals surface area contributed by atoms with Gasteiger partial charge in [-0.1, -0.05) is 0 Å². The highest BCUT2D eigenvalue weighted by Gasteiger charge is 2.14. The van der Waals surface area contributed by atoms with E-state index in [0.717, 1.165) is 29.0 Å². The van der Waals surface area contributed by atoms with E-state index in [1.54, 1.807) is 0 Å². The van der Waals surface area contributed by atoms with Crippen LogP contribution in [0, 0.1) is 6.92 Å². The van der Waals surface area contributed by atoms with Gasteiger partial charge in [0.05, 0.1) is 12.3 Å². The number of fused-ring (bicyclic) bond motifs is 1. The number of nitrogens with zero attached hydrogens (tertiary/aromatic N) is 2. The van der Waals surface area contributed by atoms with Gasteiger partial charge in [-0.25, -0.2) is 9.97 Å². The van der Waals surface area contributed by atoms with Crippen LogP contribution < -0.4 is 10.5 Å². The summed E-state index contributed by atoms with van der Waals surface area (Å²) in [6.07, 6.45) is 0.899. The minimum absolute atomic E-state index is 0.0479. The van der Waals surface area contributed by atoms with Crippen molar-refractivity contribution in [1.29, 1.82) is 0 Å². The first kappa shape index (κ1) is 11.6. The molecule has 0 saturated heterocycles. The first-order valence-corrected chi connectivity index (χ1v) is 6.05. The molecule has 1 aliphatic rings. The van der Waals surface area contributed by atoms with Crippen LogP contribution in [-0.4, -0.2) is 22.5 Å². The molecule has 1 amide bonds. The highest BCUT2D eigenvalue weighted by atomic mass is 16.5. The zero-order valence-corrected chi connectivity index (χ0v) is 10.5. The second-order valence-corrected chi connectivity index (χ2v) is 4.50. The number of nitrogens with two attached hydrogens (primary N) is 1. The molecule has 0 saturated carbocycles. The predicted octanol–water partition coefficient (Wildman–Crippen LogP) is 1.49. The van der Waals surface area contributed by atoms with E-state index >= 15 is 0 Å². The van der Waals surface area contributed by atoms with Gasteiger partial charge in [-0.15, -0.1) is 0 Å². The third-order valence-electron chi connectivity index (χ3n) is 3.06. The number of ether oxygens (including phenoxy) is 1. The van der Waals surface area contributed by atoms with Gasteiger partial charge < -0.3 is 10.5 Å². The fourth-order valence-corrected chi connectivity index (χ4v) is 2.17. The molecular weight excluding hydrogens is 242 g/mol. The maximum atomic E-state index is 11.2. The van der Waals surface area contributed by atoms with E-state index in [1.165, 1.54) is 0 Å². The normalized spacial score (nSPS) is 12.9. The SMILES string of the molecule is Cc1cc(-c2ccc3c(c2)CCO3)nc(C(N)=O)n1. The molecular formula is C14H13N3O2. The zero-order chi connectivity index (χ0) is 13.4. The Labute approximate surface area is 110 Å². The van der Waals surface area contributed by atoms with E-state index in [1.807, 2.05) is 31.2 Å². The van der Waals surface area contributed by atoms with Gasteiger partial charge in [-0.3, -0.25) is 4.79 Å². The van der Waals surface area contributed by atoms with E-state index in [-0.39, 0.29) is 5.82 Å². The molecule has 2 heterocycles. The maximum Gasteiger partial charge on any atom is 0.286 e. The molecule has 2 N–H and O–H groups in total. The Hall–Kier alpha value is -2.43. The molecule has 2 aromatic rings. The Morgan fingerprint density at radius 3 is 2.95 bits per heavy atom. The fraction of sp³-hybridized carbons (Fsp3) is 0.214. The number of primary amides is 1. The molecule has 1 aliphatic heterocycles. The largest absolute Gasteiger partial charge is 0.493 e. The van der Waals surface area contributed by atoms with Crippen molar-refractivity contribution >= 4 is 5.91 Å². The second kappa shape index (κ2) is 4.35. The number of amides is 1. The summed E-state index contributed by atoms with van der Waals surface area (Å²) in [5, 5.41) is 0. The molecule has 19 heavy (non-hydrogen) atoms. The summed E-state index contributed by atoms with van der Waals surface area (Å²) in [7, 11) is 0. The first-order valence-electron chi connectivity index (χ1n) is 6.05. The van der Waals surface area contributed by atoms with Crippen LogP contribution in [-0.2, 0) is 6.42 Å². The topological polar surface area (TPSA) is 78.1 Å². The monoisotopic (exact) mass is 255 g/mol. The molecule has 0 radical (unpaired) electrons. The van der Waals surface area contributed by atoms with Gasteiger partial charge in [0.1, 0.15) is 5.75 Å². The second-order valence-electron chi connectivity index (χ2n) is 4.50. The lowest BCUT2D eigenvalue weighted by atomic mass is 10.1. The summed E-state index contributed by atoms with van der Waals surface area (Å²) in [5.74, 6) is 0.353. The minimum Gasteiger partial charge on any atom is -0.493 e. The van der Waals surface area contributed by atoms with E-state index in [9.17, 15) is 4.79 Å². The zero-order valence-electron chi connectivity index (χ0n) is 10.5. The summed E-state index contributed by atoms with van der Waals surface area (Å²) in [6.45, 7) is 2.53. The lowest BCUT2D eigenvalue weighted by Crippen LogP contribution is -2.16. The standard InChI is InChI=1S/C14H13N3O2/c1-8-6-11(17-14(16-8)13(15)18)9-2-3-12-10(7-9)4-5-19-12/h2-3,6-7H,4-5H2,1H3,(H2,15,18). The van der Waals surface area contributed by atoms with Gasteiger partial charge in [0.25, 0.3) is 5.91 Å². The number of hydrogen-bond donors (Lipinski definition) is 1. The number of rotatable bonds is 2. The van der Waals surface area contributed by atoms with E-state index in [2.05, 4.69) is 9.97 Å². The van der Waals surface area contributed by atoms with Gasteiger partial charge in [-0.05, 0) is 36.8 Å². The summed E-state index contributed by atoms with van der Waals surface area (Å²) in [4.78, 5) is 19.4. The van der Waals surface area contributed by atoms with Crippen molar-refractivity contribution in [2.24, 2.45) is 5.73 Å². The Bertz CT molecular complexity index is 668. The molecule has 0 fully saturated rings. The summed E-state index contributed by atoms with van der Waals surface area (Å²) in [6, 6.07) is 7.73. The van der Waals surface area contributed by atoms with Gasteiger partial charge >= 0.3 is 0 Å². The van der Waals surface area contributed by atoms with Crippen LogP contribution in [0.1, 0.15) is 21.9 Å². The third-order valence-corrected chi connectivity index (χ3v) is 3.06. The number of carbonyl (C=O) groups is 1. The van der Waals surface area contributed by atoms with Gasteiger partial charge in [0.15, 0.2) is 0 Å². The Morgan fingerprint density at radius 2 is 2.16 bits per heavy atom. The van der Waals surface area contributed by atoms with Crippen molar-refractivity contribution in [3.05, 3.63) is 41.3 Å². The molecule has 0 bridgehead atoms. The fourth-order valence-electron chi connectivity index (χ4n) is 2.17. The highest BCUT2D eigenvalue weighted by molar-refractivity contribution is 5.89. The van der Waals surface area contributed by atoms with Crippen LogP contribution in [0.25, 0.3) is 11.3 Å². The van der Waals surface area contributed by atoms with Gasteiger partial charge in [-0.2, -0.15) is 0 Å². The van der Waals surface area contributed by atoms with Crippen molar-refractivity contribution < 1.29 is 9.53 Å². The van der Waals surface area contributed by atoms with E-state index < -0.39 is 5.91 Å². The van der Waals surface area contributed by atoms with Crippen LogP contribution in [0.3, 0.4) is 0 Å². The molecule has 96 valence electrons. The van der Waals surface area contributed by atoms with Crippen LogP contribution in [0.2, 0.25) is 0 Å². The molecule has 5 nitrogen and oxygen atoms in total. The average Bonchev–Trinajstić information content (AvgIpc) is 2.85. The lowest BCUT2D eigenvalue weighted by molar-refractivity contribution is 0.0990. The molecule has 0 aliphatic carbocycles.